The highest BCUT2D eigenvalue weighted by atomic mass is 19.4. The number of hydrogen-bond acceptors (Lipinski definition) is 3. The van der Waals surface area contributed by atoms with Gasteiger partial charge in [-0.15, -0.1) is 0 Å². The number of nitrogens with zero attached hydrogens (tertiary/aromatic N) is 1. The fraction of sp³-hybridized carbons (Fsp3) is 0.333. The van der Waals surface area contributed by atoms with Crippen molar-refractivity contribution in [3.05, 3.63) is 29.5 Å². The first-order valence-corrected chi connectivity index (χ1v) is 7.03. The van der Waals surface area contributed by atoms with E-state index < -0.39 is 24.1 Å². The monoisotopic (exact) mass is 342 g/mol. The minimum Gasteiger partial charge on any atom is -0.497 e. The van der Waals surface area contributed by atoms with Gasteiger partial charge in [-0.05, 0) is 30.2 Å². The number of halogens is 3. The molecule has 1 atom stereocenters. The molecule has 0 fully saturated rings. The van der Waals surface area contributed by atoms with Gasteiger partial charge in [-0.25, -0.2) is 4.79 Å². The van der Waals surface area contributed by atoms with Crippen molar-refractivity contribution in [3.63, 3.8) is 0 Å². The standard InChI is InChI=1S/C15H13F3N2O4/c1-24-7-2-3-10-9(6-7)8-4-5-20(14(23)15(16,17)18)12(13(21)22)11(8)19-10/h2-3,6,12,19H,4-5H2,1H3,(H,21,22). The van der Waals surface area contributed by atoms with Gasteiger partial charge in [-0.1, -0.05) is 0 Å². The summed E-state index contributed by atoms with van der Waals surface area (Å²) in [5, 5.41) is 10.1. The van der Waals surface area contributed by atoms with Gasteiger partial charge in [-0.2, -0.15) is 13.2 Å². The summed E-state index contributed by atoms with van der Waals surface area (Å²) in [5.41, 5.74) is 1.26. The second kappa shape index (κ2) is 5.43. The maximum absolute atomic E-state index is 12.7. The van der Waals surface area contributed by atoms with Crippen molar-refractivity contribution in [2.24, 2.45) is 0 Å². The zero-order valence-corrected chi connectivity index (χ0v) is 12.5. The van der Waals surface area contributed by atoms with E-state index in [9.17, 15) is 27.9 Å². The van der Waals surface area contributed by atoms with E-state index >= 15 is 0 Å². The van der Waals surface area contributed by atoms with Gasteiger partial charge < -0.3 is 19.7 Å². The number of nitrogens with one attached hydrogen (secondary N) is 1. The van der Waals surface area contributed by atoms with Crippen molar-refractivity contribution in [1.82, 2.24) is 9.88 Å². The van der Waals surface area contributed by atoms with Crippen LogP contribution in [0.2, 0.25) is 0 Å². The summed E-state index contributed by atoms with van der Waals surface area (Å²) >= 11 is 0. The zero-order valence-electron chi connectivity index (χ0n) is 12.5. The van der Waals surface area contributed by atoms with Crippen molar-refractivity contribution < 1.29 is 32.6 Å². The summed E-state index contributed by atoms with van der Waals surface area (Å²) in [5.74, 6) is -3.13. The zero-order chi connectivity index (χ0) is 17.6. The first-order chi connectivity index (χ1) is 11.2. The SMILES string of the molecule is COc1ccc2[nH]c3c(c2c1)CCN(C(=O)C(F)(F)F)C3C(=O)O. The molecule has 0 bridgehead atoms. The van der Waals surface area contributed by atoms with Crippen molar-refractivity contribution in [3.8, 4) is 5.75 Å². The number of carbonyl (C=O) groups is 2. The topological polar surface area (TPSA) is 82.6 Å². The normalized spacial score (nSPS) is 17.7. The number of aromatic nitrogens is 1. The minimum atomic E-state index is -5.12. The molecule has 1 aromatic carbocycles. The predicted octanol–water partition coefficient (Wildman–Crippen LogP) is 2.25. The van der Waals surface area contributed by atoms with Crippen molar-refractivity contribution in [2.45, 2.75) is 18.6 Å². The molecule has 0 saturated carbocycles. The van der Waals surface area contributed by atoms with E-state index in [2.05, 4.69) is 4.98 Å². The summed E-state index contributed by atoms with van der Waals surface area (Å²) in [4.78, 5) is 26.3. The molecule has 0 saturated heterocycles. The number of amides is 1. The smallest absolute Gasteiger partial charge is 0.471 e. The second-order valence-corrected chi connectivity index (χ2v) is 5.42. The van der Waals surface area contributed by atoms with Crippen LogP contribution in [-0.4, -0.2) is 46.7 Å². The molecule has 0 spiro atoms. The molecule has 1 amide bonds. The number of carboxylic acid groups (broad SMARTS) is 1. The number of ether oxygens (including phenoxy) is 1. The molecule has 2 heterocycles. The lowest BCUT2D eigenvalue weighted by molar-refractivity contribution is -0.190. The molecular weight excluding hydrogens is 329 g/mol. The number of alkyl halides is 3. The van der Waals surface area contributed by atoms with Crippen LogP contribution in [0, 0.1) is 0 Å². The highest BCUT2D eigenvalue weighted by molar-refractivity contribution is 5.92. The van der Waals surface area contributed by atoms with E-state index in [1.165, 1.54) is 7.11 Å². The summed E-state index contributed by atoms with van der Waals surface area (Å²) in [6.45, 7) is -0.327. The maximum Gasteiger partial charge on any atom is 0.471 e. The molecule has 0 radical (unpaired) electrons. The van der Waals surface area contributed by atoms with E-state index in [1.807, 2.05) is 0 Å². The van der Waals surface area contributed by atoms with Gasteiger partial charge in [0.2, 0.25) is 0 Å². The Hall–Kier alpha value is -2.71. The quantitative estimate of drug-likeness (QED) is 0.877. The van der Waals surface area contributed by atoms with Gasteiger partial charge >= 0.3 is 18.1 Å². The molecule has 3 rings (SSSR count). The second-order valence-electron chi connectivity index (χ2n) is 5.42. The summed E-state index contributed by atoms with van der Waals surface area (Å²) in [6.07, 6.45) is -5.01. The number of fused-ring (bicyclic) bond motifs is 3. The summed E-state index contributed by atoms with van der Waals surface area (Å²) in [6, 6.07) is 3.28. The van der Waals surface area contributed by atoms with Crippen LogP contribution in [0.25, 0.3) is 10.9 Å². The van der Waals surface area contributed by atoms with Gasteiger partial charge in [0, 0.05) is 17.4 Å². The van der Waals surface area contributed by atoms with E-state index in [-0.39, 0.29) is 18.7 Å². The van der Waals surface area contributed by atoms with E-state index in [0.717, 1.165) is 0 Å². The Morgan fingerprint density at radius 2 is 2.08 bits per heavy atom. The predicted molar refractivity (Wildman–Crippen MR) is 76.7 cm³/mol. The molecule has 2 N–H and O–H groups in total. The third-order valence-electron chi connectivity index (χ3n) is 4.07. The van der Waals surface area contributed by atoms with Crippen molar-refractivity contribution >= 4 is 22.8 Å². The number of aromatic amines is 1. The third kappa shape index (κ3) is 2.45. The number of hydrogen-bond donors (Lipinski definition) is 2. The first kappa shape index (κ1) is 16.2. The average molecular weight is 342 g/mol. The average Bonchev–Trinajstić information content (AvgIpc) is 2.89. The first-order valence-electron chi connectivity index (χ1n) is 7.03. The van der Waals surface area contributed by atoms with Crippen LogP contribution in [0.3, 0.4) is 0 Å². The Morgan fingerprint density at radius 3 is 2.67 bits per heavy atom. The Kier molecular flexibility index (Phi) is 3.66. The van der Waals surface area contributed by atoms with Crippen LogP contribution < -0.4 is 4.74 Å². The Bertz CT molecular complexity index is 828. The van der Waals surface area contributed by atoms with E-state index in [1.54, 1.807) is 18.2 Å². The number of benzene rings is 1. The van der Waals surface area contributed by atoms with Crippen LogP contribution in [0.1, 0.15) is 17.3 Å². The van der Waals surface area contributed by atoms with Crippen LogP contribution in [0.5, 0.6) is 5.75 Å². The molecule has 128 valence electrons. The fourth-order valence-electron chi connectivity index (χ4n) is 3.03. The molecule has 2 aromatic rings. The maximum atomic E-state index is 12.7. The van der Waals surface area contributed by atoms with Gasteiger partial charge in [0.15, 0.2) is 6.04 Å². The third-order valence-corrected chi connectivity index (χ3v) is 4.07. The molecule has 24 heavy (non-hydrogen) atoms. The number of carboxylic acids is 1. The molecule has 1 aromatic heterocycles. The molecule has 1 aliphatic heterocycles. The van der Waals surface area contributed by atoms with Gasteiger partial charge in [-0.3, -0.25) is 4.79 Å². The van der Waals surface area contributed by atoms with Gasteiger partial charge in [0.1, 0.15) is 5.75 Å². The van der Waals surface area contributed by atoms with Crippen molar-refractivity contribution in [2.75, 3.05) is 13.7 Å². The summed E-state index contributed by atoms with van der Waals surface area (Å²) in [7, 11) is 1.48. The van der Waals surface area contributed by atoms with E-state index in [4.69, 9.17) is 4.74 Å². The van der Waals surface area contributed by atoms with E-state index in [0.29, 0.717) is 27.1 Å². The molecule has 9 heteroatoms. The largest absolute Gasteiger partial charge is 0.497 e. The number of aliphatic carboxylic acids is 1. The number of methoxy groups -OCH3 is 1. The molecule has 1 unspecified atom stereocenters. The highest BCUT2D eigenvalue weighted by Crippen LogP contribution is 2.37. The minimum absolute atomic E-state index is 0.0922. The van der Waals surface area contributed by atoms with Crippen LogP contribution >= 0.6 is 0 Å². The Labute approximate surface area is 133 Å². The Morgan fingerprint density at radius 1 is 1.38 bits per heavy atom. The fourth-order valence-corrected chi connectivity index (χ4v) is 3.03. The molecule has 6 nitrogen and oxygen atoms in total. The van der Waals surface area contributed by atoms with Crippen LogP contribution in [0.4, 0.5) is 13.2 Å². The molecule has 0 aliphatic carbocycles. The lowest BCUT2D eigenvalue weighted by atomic mass is 9.97. The Balaban J connectivity index is 2.13. The number of rotatable bonds is 2. The lowest BCUT2D eigenvalue weighted by Crippen LogP contribution is -2.48. The number of H-pyrrole nitrogens is 1. The van der Waals surface area contributed by atoms with Crippen molar-refractivity contribution in [1.29, 1.82) is 0 Å². The van der Waals surface area contributed by atoms with Crippen LogP contribution in [0.15, 0.2) is 18.2 Å². The van der Waals surface area contributed by atoms with Gasteiger partial charge in [0.05, 0.1) is 12.8 Å². The number of carbonyl (C=O) groups excluding carboxylic acids is 1. The lowest BCUT2D eigenvalue weighted by Gasteiger charge is -2.33. The summed E-state index contributed by atoms with van der Waals surface area (Å²) < 4.78 is 43.3. The van der Waals surface area contributed by atoms with Crippen LogP contribution in [-0.2, 0) is 16.0 Å². The molecular formula is C15H13F3N2O4. The van der Waals surface area contributed by atoms with Gasteiger partial charge in [0.25, 0.3) is 0 Å². The highest BCUT2D eigenvalue weighted by Gasteiger charge is 2.48. The molecule has 1 aliphatic rings.